The molecule has 2 nitrogen and oxygen atoms in total. The molecule has 10 heavy (non-hydrogen) atoms. The van der Waals surface area contributed by atoms with Gasteiger partial charge in [0.15, 0.2) is 0 Å². The van der Waals surface area contributed by atoms with Gasteiger partial charge in [-0.05, 0) is 12.5 Å². The molecule has 0 amide bonds. The summed E-state index contributed by atoms with van der Waals surface area (Å²) in [6.45, 7) is 2.11. The van der Waals surface area contributed by atoms with Crippen LogP contribution >= 0.6 is 0 Å². The van der Waals surface area contributed by atoms with E-state index < -0.39 is 0 Å². The molecule has 2 heteroatoms. The summed E-state index contributed by atoms with van der Waals surface area (Å²) in [6.07, 6.45) is 8.93. The van der Waals surface area contributed by atoms with E-state index in [0.717, 1.165) is 12.2 Å². The average Bonchev–Trinajstić information content (AvgIpc) is 2.31. The van der Waals surface area contributed by atoms with Gasteiger partial charge in [-0.25, -0.2) is 4.98 Å². The maximum absolute atomic E-state index is 4.13. The van der Waals surface area contributed by atoms with Crippen LogP contribution in [-0.4, -0.2) is 9.55 Å². The largest absolute Gasteiger partial charge is 0.335 e. The Hall–Kier alpha value is -1.05. The maximum Gasteiger partial charge on any atom is 0.131 e. The van der Waals surface area contributed by atoms with Crippen LogP contribution in [0.1, 0.15) is 19.2 Å². The lowest BCUT2D eigenvalue weighted by Crippen LogP contribution is -1.88. The second-order valence-electron chi connectivity index (χ2n) is 2.21. The van der Waals surface area contributed by atoms with Gasteiger partial charge in [0.1, 0.15) is 5.82 Å². The van der Waals surface area contributed by atoms with Crippen LogP contribution < -0.4 is 0 Å². The first-order valence-electron chi connectivity index (χ1n) is 3.48. The summed E-state index contributed by atoms with van der Waals surface area (Å²) in [7, 11) is 1.99. The van der Waals surface area contributed by atoms with Crippen molar-refractivity contribution >= 4 is 6.08 Å². The number of nitrogens with zero attached hydrogens (tertiary/aromatic N) is 2. The molecule has 0 radical (unpaired) electrons. The van der Waals surface area contributed by atoms with E-state index in [1.807, 2.05) is 23.9 Å². The zero-order valence-electron chi connectivity index (χ0n) is 6.41. The highest BCUT2D eigenvalue weighted by Gasteiger charge is 1.89. The Labute approximate surface area is 61.2 Å². The van der Waals surface area contributed by atoms with E-state index in [-0.39, 0.29) is 0 Å². The van der Waals surface area contributed by atoms with Crippen LogP contribution in [0.15, 0.2) is 18.5 Å². The summed E-state index contributed by atoms with van der Waals surface area (Å²) in [5.74, 6) is 1.02. The minimum atomic E-state index is 1.02. The normalized spacial score (nSPS) is 11.0. The topological polar surface area (TPSA) is 17.8 Å². The van der Waals surface area contributed by atoms with Gasteiger partial charge in [-0.1, -0.05) is 13.0 Å². The minimum absolute atomic E-state index is 1.02. The number of aryl methyl sites for hydroxylation is 1. The van der Waals surface area contributed by atoms with Crippen molar-refractivity contribution in [2.75, 3.05) is 0 Å². The number of hydrogen-bond acceptors (Lipinski definition) is 1. The van der Waals surface area contributed by atoms with Crippen molar-refractivity contribution in [3.63, 3.8) is 0 Å². The van der Waals surface area contributed by atoms with E-state index in [9.17, 15) is 0 Å². The van der Waals surface area contributed by atoms with Gasteiger partial charge in [0, 0.05) is 19.4 Å². The third-order valence-electron chi connectivity index (χ3n) is 1.36. The Bertz CT molecular complexity index is 223. The van der Waals surface area contributed by atoms with Crippen molar-refractivity contribution in [3.05, 3.63) is 24.3 Å². The van der Waals surface area contributed by atoms with Crippen molar-refractivity contribution in [2.24, 2.45) is 7.05 Å². The molecule has 0 atom stereocenters. The Morgan fingerprint density at radius 1 is 1.70 bits per heavy atom. The van der Waals surface area contributed by atoms with Crippen LogP contribution in [0.4, 0.5) is 0 Å². The Morgan fingerprint density at radius 2 is 2.50 bits per heavy atom. The number of imidazole rings is 1. The molecule has 1 aromatic rings. The Kier molecular flexibility index (Phi) is 2.26. The summed E-state index contributed by atoms with van der Waals surface area (Å²) in [6, 6.07) is 0. The summed E-state index contributed by atoms with van der Waals surface area (Å²) >= 11 is 0. The molecule has 1 rings (SSSR count). The number of allylic oxidation sites excluding steroid dienone is 1. The maximum atomic E-state index is 4.13. The van der Waals surface area contributed by atoms with Gasteiger partial charge in [-0.15, -0.1) is 0 Å². The molecule has 0 saturated carbocycles. The van der Waals surface area contributed by atoms with Crippen molar-refractivity contribution in [1.29, 1.82) is 0 Å². The molecule has 0 aliphatic rings. The fourth-order valence-electron chi connectivity index (χ4n) is 0.761. The predicted molar refractivity (Wildman–Crippen MR) is 42.5 cm³/mol. The third kappa shape index (κ3) is 1.47. The van der Waals surface area contributed by atoms with Crippen LogP contribution in [0.3, 0.4) is 0 Å². The summed E-state index contributed by atoms with van der Waals surface area (Å²) in [5, 5.41) is 0. The molecule has 0 aliphatic carbocycles. The molecule has 0 aromatic carbocycles. The standard InChI is InChI=1S/C8H12N2/c1-3-4-5-8-9-6-7-10(8)2/h4-7H,3H2,1-2H3/b5-4+. The van der Waals surface area contributed by atoms with Crippen LogP contribution in [0.5, 0.6) is 0 Å². The lowest BCUT2D eigenvalue weighted by Gasteiger charge is -1.91. The van der Waals surface area contributed by atoms with Crippen molar-refractivity contribution < 1.29 is 0 Å². The van der Waals surface area contributed by atoms with Gasteiger partial charge in [-0.2, -0.15) is 0 Å². The van der Waals surface area contributed by atoms with Crippen LogP contribution in [0.2, 0.25) is 0 Å². The first kappa shape index (κ1) is 7.06. The molecule has 54 valence electrons. The van der Waals surface area contributed by atoms with E-state index >= 15 is 0 Å². The van der Waals surface area contributed by atoms with Gasteiger partial charge < -0.3 is 4.57 Å². The van der Waals surface area contributed by atoms with Gasteiger partial charge in [0.25, 0.3) is 0 Å². The molecular weight excluding hydrogens is 124 g/mol. The molecule has 1 aromatic heterocycles. The van der Waals surface area contributed by atoms with Crippen LogP contribution in [-0.2, 0) is 7.05 Å². The minimum Gasteiger partial charge on any atom is -0.335 e. The van der Waals surface area contributed by atoms with E-state index in [1.165, 1.54) is 0 Å². The lowest BCUT2D eigenvalue weighted by molar-refractivity contribution is 0.896. The zero-order chi connectivity index (χ0) is 7.40. The van der Waals surface area contributed by atoms with Crippen molar-refractivity contribution in [3.8, 4) is 0 Å². The van der Waals surface area contributed by atoms with Crippen LogP contribution in [0, 0.1) is 0 Å². The summed E-state index contributed by atoms with van der Waals surface area (Å²) in [4.78, 5) is 4.13. The zero-order valence-corrected chi connectivity index (χ0v) is 6.41. The second kappa shape index (κ2) is 3.20. The fraction of sp³-hybridized carbons (Fsp3) is 0.375. The molecule has 0 N–H and O–H groups in total. The second-order valence-corrected chi connectivity index (χ2v) is 2.21. The highest BCUT2D eigenvalue weighted by molar-refractivity contribution is 5.39. The fourth-order valence-corrected chi connectivity index (χ4v) is 0.761. The van der Waals surface area contributed by atoms with Gasteiger partial charge in [0.05, 0.1) is 0 Å². The number of aromatic nitrogens is 2. The number of hydrogen-bond donors (Lipinski definition) is 0. The Balaban J connectivity index is 2.74. The predicted octanol–water partition coefficient (Wildman–Crippen LogP) is 1.84. The summed E-state index contributed by atoms with van der Waals surface area (Å²) in [5.41, 5.74) is 0. The quantitative estimate of drug-likeness (QED) is 0.606. The highest BCUT2D eigenvalue weighted by atomic mass is 15.0. The van der Waals surface area contributed by atoms with Crippen LogP contribution in [0.25, 0.3) is 6.08 Å². The highest BCUT2D eigenvalue weighted by Crippen LogP contribution is 1.97. The SMILES string of the molecule is CC/C=C/c1nccn1C. The Morgan fingerprint density at radius 3 is 3.00 bits per heavy atom. The first-order chi connectivity index (χ1) is 4.84. The van der Waals surface area contributed by atoms with Gasteiger partial charge in [-0.3, -0.25) is 0 Å². The van der Waals surface area contributed by atoms with E-state index in [2.05, 4.69) is 18.0 Å². The lowest BCUT2D eigenvalue weighted by atomic mass is 10.4. The van der Waals surface area contributed by atoms with E-state index in [1.54, 1.807) is 6.20 Å². The molecule has 0 fully saturated rings. The van der Waals surface area contributed by atoms with Crippen molar-refractivity contribution in [1.82, 2.24) is 9.55 Å². The van der Waals surface area contributed by atoms with Crippen molar-refractivity contribution in [2.45, 2.75) is 13.3 Å². The van der Waals surface area contributed by atoms with Gasteiger partial charge in [0.2, 0.25) is 0 Å². The smallest absolute Gasteiger partial charge is 0.131 e. The third-order valence-corrected chi connectivity index (χ3v) is 1.36. The molecule has 0 unspecified atom stereocenters. The molecule has 0 bridgehead atoms. The molecule has 0 saturated heterocycles. The number of rotatable bonds is 2. The monoisotopic (exact) mass is 136 g/mol. The molecule has 1 heterocycles. The average molecular weight is 136 g/mol. The van der Waals surface area contributed by atoms with Gasteiger partial charge >= 0.3 is 0 Å². The molecule has 0 aliphatic heterocycles. The van der Waals surface area contributed by atoms with E-state index in [4.69, 9.17) is 0 Å². The molecule has 0 spiro atoms. The molecular formula is C8H12N2. The summed E-state index contributed by atoms with van der Waals surface area (Å²) < 4.78 is 1.99. The first-order valence-corrected chi connectivity index (χ1v) is 3.48. The van der Waals surface area contributed by atoms with E-state index in [0.29, 0.717) is 0 Å².